The summed E-state index contributed by atoms with van der Waals surface area (Å²) in [6.07, 6.45) is 5.50. The van der Waals surface area contributed by atoms with Crippen molar-refractivity contribution in [2.45, 2.75) is 44.3 Å². The minimum absolute atomic E-state index is 0.0344. The number of rotatable bonds is 3. The van der Waals surface area contributed by atoms with Gasteiger partial charge in [-0.05, 0) is 18.9 Å². The van der Waals surface area contributed by atoms with Gasteiger partial charge in [-0.15, -0.1) is 0 Å². The van der Waals surface area contributed by atoms with E-state index in [0.717, 1.165) is 31.1 Å². The minimum Gasteiger partial charge on any atom is -0.464 e. The van der Waals surface area contributed by atoms with Gasteiger partial charge in [0, 0.05) is 35.1 Å². The zero-order valence-corrected chi connectivity index (χ0v) is 15.3. The fourth-order valence-electron chi connectivity index (χ4n) is 4.25. The molecule has 0 saturated heterocycles. The van der Waals surface area contributed by atoms with Crippen molar-refractivity contribution in [2.24, 2.45) is 5.73 Å². The average molecular weight is 380 g/mol. The van der Waals surface area contributed by atoms with E-state index in [1.54, 1.807) is 6.26 Å². The van der Waals surface area contributed by atoms with Gasteiger partial charge in [0.2, 0.25) is 0 Å². The molecule has 4 N–H and O–H groups in total. The van der Waals surface area contributed by atoms with Crippen molar-refractivity contribution >= 4 is 22.7 Å². The van der Waals surface area contributed by atoms with Crippen molar-refractivity contribution in [2.75, 3.05) is 5.32 Å². The van der Waals surface area contributed by atoms with Gasteiger partial charge >= 0.3 is 0 Å². The van der Waals surface area contributed by atoms with Crippen LogP contribution in [0.4, 0.5) is 10.2 Å². The van der Waals surface area contributed by atoms with Gasteiger partial charge in [0.1, 0.15) is 11.8 Å². The van der Waals surface area contributed by atoms with E-state index in [1.807, 2.05) is 24.3 Å². The average Bonchev–Trinajstić information content (AvgIpc) is 3.30. The van der Waals surface area contributed by atoms with Crippen molar-refractivity contribution < 1.29 is 13.6 Å². The predicted octanol–water partition coefficient (Wildman–Crippen LogP) is 3.56. The van der Waals surface area contributed by atoms with E-state index in [4.69, 9.17) is 10.2 Å². The first kappa shape index (κ1) is 17.2. The van der Waals surface area contributed by atoms with Crippen LogP contribution in [-0.4, -0.2) is 23.0 Å². The predicted molar refractivity (Wildman–Crippen MR) is 104 cm³/mol. The van der Waals surface area contributed by atoms with Crippen molar-refractivity contribution in [3.8, 4) is 11.3 Å². The molecule has 1 saturated carbocycles. The Labute approximate surface area is 161 Å². The lowest BCUT2D eigenvalue weighted by atomic mass is 9.91. The van der Waals surface area contributed by atoms with E-state index in [1.165, 1.54) is 0 Å². The molecule has 0 bridgehead atoms. The van der Waals surface area contributed by atoms with Crippen LogP contribution in [0.5, 0.6) is 0 Å². The minimum atomic E-state index is -0.484. The first-order valence-corrected chi connectivity index (χ1v) is 9.63. The molecule has 28 heavy (non-hydrogen) atoms. The first-order valence-electron chi connectivity index (χ1n) is 9.63. The van der Waals surface area contributed by atoms with Crippen molar-refractivity contribution in [1.82, 2.24) is 10.3 Å². The number of hydrogen-bond acceptors (Lipinski definition) is 5. The molecule has 1 aromatic carbocycles. The Morgan fingerprint density at radius 2 is 2.07 bits per heavy atom. The van der Waals surface area contributed by atoms with E-state index >= 15 is 4.39 Å². The lowest BCUT2D eigenvalue weighted by Crippen LogP contribution is -2.43. The third-order valence-corrected chi connectivity index (χ3v) is 5.77. The van der Waals surface area contributed by atoms with E-state index < -0.39 is 5.82 Å². The normalized spacial score (nSPS) is 21.6. The van der Waals surface area contributed by atoms with Gasteiger partial charge in [-0.1, -0.05) is 31.0 Å². The third-order valence-electron chi connectivity index (χ3n) is 5.77. The molecule has 6 nitrogen and oxygen atoms in total. The third kappa shape index (κ3) is 2.65. The Hall–Kier alpha value is -2.93. The number of furan rings is 1. The molecule has 5 rings (SSSR count). The maximum absolute atomic E-state index is 15.2. The molecule has 3 aromatic rings. The molecule has 0 spiro atoms. The van der Waals surface area contributed by atoms with Crippen LogP contribution in [-0.2, 0) is 6.54 Å². The van der Waals surface area contributed by atoms with Gasteiger partial charge in [-0.2, -0.15) is 0 Å². The Bertz CT molecular complexity index is 1080. The quantitative estimate of drug-likeness (QED) is 0.646. The van der Waals surface area contributed by atoms with Gasteiger partial charge in [0.25, 0.3) is 5.91 Å². The van der Waals surface area contributed by atoms with Gasteiger partial charge in [-0.3, -0.25) is 4.79 Å². The van der Waals surface area contributed by atoms with Crippen LogP contribution in [0.3, 0.4) is 0 Å². The summed E-state index contributed by atoms with van der Waals surface area (Å²) in [7, 11) is 0. The van der Waals surface area contributed by atoms with Gasteiger partial charge in [0.05, 0.1) is 11.3 Å². The van der Waals surface area contributed by atoms with Crippen molar-refractivity contribution in [1.29, 1.82) is 0 Å². The number of amides is 1. The van der Waals surface area contributed by atoms with Gasteiger partial charge in [0.15, 0.2) is 11.6 Å². The number of anilines is 1. The Balaban J connectivity index is 1.66. The number of carbonyl (C=O) groups excluding carboxylic acids is 1. The SMILES string of the molecule is NC1CCCCC1Nc1nc(-c2coc3ccccc23)c2c(c1F)CNC2=O. The molecule has 2 aromatic heterocycles. The number of carbonyl (C=O) groups is 1. The second-order valence-electron chi connectivity index (χ2n) is 7.50. The highest BCUT2D eigenvalue weighted by atomic mass is 19.1. The maximum Gasteiger partial charge on any atom is 0.254 e. The van der Waals surface area contributed by atoms with Crippen molar-refractivity contribution in [3.05, 3.63) is 47.5 Å². The Morgan fingerprint density at radius 3 is 2.93 bits per heavy atom. The molecule has 2 atom stereocenters. The van der Waals surface area contributed by atoms with Crippen LogP contribution in [0, 0.1) is 5.82 Å². The second kappa shape index (κ2) is 6.60. The lowest BCUT2D eigenvalue weighted by Gasteiger charge is -2.30. The van der Waals surface area contributed by atoms with Gasteiger partial charge in [-0.25, -0.2) is 9.37 Å². The lowest BCUT2D eigenvalue weighted by molar-refractivity contribution is 0.0966. The Morgan fingerprint density at radius 1 is 1.25 bits per heavy atom. The number of aromatic nitrogens is 1. The topological polar surface area (TPSA) is 93.2 Å². The van der Waals surface area contributed by atoms with Crippen LogP contribution in [0.2, 0.25) is 0 Å². The fraction of sp³-hybridized carbons (Fsp3) is 0.333. The zero-order valence-electron chi connectivity index (χ0n) is 15.3. The number of nitrogens with one attached hydrogen (secondary N) is 2. The van der Waals surface area contributed by atoms with Gasteiger partial charge < -0.3 is 20.8 Å². The molecule has 3 heterocycles. The summed E-state index contributed by atoms with van der Waals surface area (Å²) >= 11 is 0. The number of halogens is 1. The highest BCUT2D eigenvalue weighted by molar-refractivity contribution is 6.07. The second-order valence-corrected chi connectivity index (χ2v) is 7.50. The highest BCUT2D eigenvalue weighted by Gasteiger charge is 2.32. The molecular formula is C21H21FN4O2. The summed E-state index contributed by atoms with van der Waals surface area (Å²) in [5, 5.41) is 6.76. The summed E-state index contributed by atoms with van der Waals surface area (Å²) < 4.78 is 20.8. The first-order chi connectivity index (χ1) is 13.6. The number of hydrogen-bond donors (Lipinski definition) is 3. The van der Waals surface area contributed by atoms with Crippen LogP contribution < -0.4 is 16.4 Å². The monoisotopic (exact) mass is 380 g/mol. The van der Waals surface area contributed by atoms with E-state index in [-0.39, 0.29) is 35.9 Å². The number of para-hydroxylation sites is 1. The molecule has 0 radical (unpaired) electrons. The van der Waals surface area contributed by atoms with Crippen LogP contribution in [0.15, 0.2) is 34.9 Å². The number of nitrogens with two attached hydrogens (primary N) is 1. The number of fused-ring (bicyclic) bond motifs is 2. The summed E-state index contributed by atoms with van der Waals surface area (Å²) in [5.41, 5.74) is 8.65. The molecule has 1 amide bonds. The molecule has 1 aliphatic carbocycles. The van der Waals surface area contributed by atoms with E-state index in [2.05, 4.69) is 15.6 Å². The summed E-state index contributed by atoms with van der Waals surface area (Å²) in [6, 6.07) is 7.45. The standard InChI is InChI=1S/C21H21FN4O2/c22-18-12-9-24-21(27)17(12)19(13-10-28-16-8-4-1-5-11(13)16)26-20(18)25-15-7-3-2-6-14(15)23/h1,4-5,8,10,14-15H,2-3,6-7,9,23H2,(H,24,27)(H,25,26). The largest absolute Gasteiger partial charge is 0.464 e. The van der Waals surface area contributed by atoms with Crippen LogP contribution in [0.25, 0.3) is 22.2 Å². The maximum atomic E-state index is 15.2. The molecule has 2 aliphatic rings. The molecule has 2 unspecified atom stereocenters. The number of pyridine rings is 1. The smallest absolute Gasteiger partial charge is 0.254 e. The molecule has 7 heteroatoms. The summed E-state index contributed by atoms with van der Waals surface area (Å²) in [4.78, 5) is 17.0. The highest BCUT2D eigenvalue weighted by Crippen LogP contribution is 2.37. The summed E-state index contributed by atoms with van der Waals surface area (Å²) in [5.74, 6) is -0.650. The van der Waals surface area contributed by atoms with E-state index in [0.29, 0.717) is 22.4 Å². The fourth-order valence-corrected chi connectivity index (χ4v) is 4.25. The zero-order chi connectivity index (χ0) is 19.3. The molecule has 1 aliphatic heterocycles. The number of nitrogens with zero attached hydrogens (tertiary/aromatic N) is 1. The van der Waals surface area contributed by atoms with Crippen LogP contribution in [0.1, 0.15) is 41.6 Å². The van der Waals surface area contributed by atoms with Crippen molar-refractivity contribution in [3.63, 3.8) is 0 Å². The van der Waals surface area contributed by atoms with Crippen LogP contribution >= 0.6 is 0 Å². The van der Waals surface area contributed by atoms with E-state index in [9.17, 15) is 4.79 Å². The number of benzene rings is 1. The Kier molecular flexibility index (Phi) is 4.05. The molecule has 1 fully saturated rings. The molecular weight excluding hydrogens is 359 g/mol. The molecule has 144 valence electrons. The summed E-state index contributed by atoms with van der Waals surface area (Å²) in [6.45, 7) is 0.150.